The number of hydrogen-bond donors (Lipinski definition) is 1. The van der Waals surface area contributed by atoms with Crippen molar-refractivity contribution in [2.24, 2.45) is 7.05 Å². The first-order chi connectivity index (χ1) is 15.3. The molecular formula is C23H25N5O3S. The summed E-state index contributed by atoms with van der Waals surface area (Å²) in [5, 5.41) is 18.0. The van der Waals surface area contributed by atoms with Gasteiger partial charge in [-0.25, -0.2) is 9.78 Å². The van der Waals surface area contributed by atoms with E-state index in [9.17, 15) is 14.9 Å². The van der Waals surface area contributed by atoms with Gasteiger partial charge in [0.15, 0.2) is 11.8 Å². The fourth-order valence-corrected chi connectivity index (χ4v) is 5.41. The number of pyridine rings is 1. The van der Waals surface area contributed by atoms with Gasteiger partial charge in [0, 0.05) is 17.6 Å². The molecule has 1 N–H and O–H groups in total. The van der Waals surface area contributed by atoms with Gasteiger partial charge in [0.25, 0.3) is 5.91 Å². The summed E-state index contributed by atoms with van der Waals surface area (Å²) >= 11 is 1.46. The van der Waals surface area contributed by atoms with E-state index < -0.39 is 18.0 Å². The number of fused-ring (bicyclic) bond motifs is 2. The molecule has 0 saturated carbocycles. The van der Waals surface area contributed by atoms with E-state index in [1.165, 1.54) is 23.1 Å². The van der Waals surface area contributed by atoms with Crippen LogP contribution in [0.2, 0.25) is 0 Å². The van der Waals surface area contributed by atoms with Gasteiger partial charge < -0.3 is 10.1 Å². The lowest BCUT2D eigenvalue weighted by Gasteiger charge is -2.14. The summed E-state index contributed by atoms with van der Waals surface area (Å²) in [6.07, 6.45) is 4.05. The van der Waals surface area contributed by atoms with Crippen LogP contribution in [0.5, 0.6) is 0 Å². The summed E-state index contributed by atoms with van der Waals surface area (Å²) < 4.78 is 7.12. The number of thiophene rings is 1. The van der Waals surface area contributed by atoms with E-state index in [4.69, 9.17) is 4.74 Å². The first-order valence-corrected chi connectivity index (χ1v) is 11.5. The Labute approximate surface area is 190 Å². The number of aryl methyl sites for hydroxylation is 4. The summed E-state index contributed by atoms with van der Waals surface area (Å²) in [4.78, 5) is 31.4. The Morgan fingerprint density at radius 1 is 1.28 bits per heavy atom. The fraction of sp³-hybridized carbons (Fsp3) is 0.435. The van der Waals surface area contributed by atoms with Crippen LogP contribution >= 0.6 is 11.3 Å². The molecule has 1 unspecified atom stereocenters. The summed E-state index contributed by atoms with van der Waals surface area (Å²) in [7, 11) is 1.77. The predicted octanol–water partition coefficient (Wildman–Crippen LogP) is 3.97. The van der Waals surface area contributed by atoms with E-state index in [-0.39, 0.29) is 0 Å². The molecule has 1 aliphatic rings. The van der Waals surface area contributed by atoms with Crippen LogP contribution in [0.4, 0.5) is 5.00 Å². The smallest absolute Gasteiger partial charge is 0.339 e. The van der Waals surface area contributed by atoms with Gasteiger partial charge in [0.1, 0.15) is 11.1 Å². The van der Waals surface area contributed by atoms with Crippen molar-refractivity contribution in [1.29, 1.82) is 5.26 Å². The monoisotopic (exact) mass is 451 g/mol. The van der Waals surface area contributed by atoms with Gasteiger partial charge in [0.05, 0.1) is 22.2 Å². The van der Waals surface area contributed by atoms with Crippen LogP contribution in [0.3, 0.4) is 0 Å². The minimum absolute atomic E-state index is 0.332. The van der Waals surface area contributed by atoms with Crippen molar-refractivity contribution in [3.8, 4) is 6.07 Å². The number of rotatable bonds is 4. The van der Waals surface area contributed by atoms with Gasteiger partial charge in [-0.05, 0) is 58.1 Å². The molecule has 32 heavy (non-hydrogen) atoms. The number of hydrogen-bond acceptors (Lipinski definition) is 7. The van der Waals surface area contributed by atoms with Gasteiger partial charge in [-0.15, -0.1) is 11.3 Å². The molecular weight excluding hydrogens is 426 g/mol. The quantitative estimate of drug-likeness (QED) is 0.475. The third-order valence-corrected chi connectivity index (χ3v) is 6.95. The average Bonchev–Trinajstić information content (AvgIpc) is 3.11. The lowest BCUT2D eigenvalue weighted by molar-refractivity contribution is -0.123. The number of nitrogens with zero attached hydrogens (tertiary/aromatic N) is 4. The van der Waals surface area contributed by atoms with Crippen LogP contribution in [0.1, 0.15) is 63.9 Å². The Kier molecular flexibility index (Phi) is 5.98. The Hall–Kier alpha value is -3.25. The molecule has 0 aromatic carbocycles. The minimum Gasteiger partial charge on any atom is -0.449 e. The summed E-state index contributed by atoms with van der Waals surface area (Å²) in [5.74, 6) is -1.07. The summed E-state index contributed by atoms with van der Waals surface area (Å²) in [6, 6.07) is 3.90. The molecule has 1 atom stereocenters. The van der Waals surface area contributed by atoms with Crippen LogP contribution in [-0.4, -0.2) is 32.7 Å². The van der Waals surface area contributed by atoms with E-state index in [0.29, 0.717) is 38.5 Å². The molecule has 3 aromatic rings. The number of nitriles is 1. The molecule has 9 heteroatoms. The van der Waals surface area contributed by atoms with Crippen LogP contribution in [-0.2, 0) is 29.4 Å². The zero-order chi connectivity index (χ0) is 23.0. The Balaban J connectivity index is 1.54. The molecule has 3 heterocycles. The first-order valence-electron chi connectivity index (χ1n) is 10.7. The number of esters is 1. The highest BCUT2D eigenvalue weighted by Crippen LogP contribution is 2.37. The third-order valence-electron chi connectivity index (χ3n) is 5.74. The highest BCUT2D eigenvalue weighted by molar-refractivity contribution is 7.16. The van der Waals surface area contributed by atoms with Crippen molar-refractivity contribution in [2.75, 3.05) is 5.32 Å². The molecule has 0 radical (unpaired) electrons. The van der Waals surface area contributed by atoms with Crippen LogP contribution < -0.4 is 5.32 Å². The highest BCUT2D eigenvalue weighted by atomic mass is 32.1. The standard InChI is InChI=1S/C23H25N5O3S/c1-12-10-16(19-13(2)27-28(4)20(19)25-12)23(30)31-14(3)21(29)26-22-17(11-24)15-8-6-5-7-9-18(15)32-22/h10,14H,5-9H2,1-4H3,(H,26,29). The van der Waals surface area contributed by atoms with E-state index >= 15 is 0 Å². The molecule has 1 aliphatic carbocycles. The van der Waals surface area contributed by atoms with Gasteiger partial charge in [-0.3, -0.25) is 9.48 Å². The zero-order valence-corrected chi connectivity index (χ0v) is 19.4. The lowest BCUT2D eigenvalue weighted by Crippen LogP contribution is -2.30. The number of aromatic nitrogens is 3. The van der Waals surface area contributed by atoms with Crippen molar-refractivity contribution in [3.05, 3.63) is 39.0 Å². The van der Waals surface area contributed by atoms with Crippen molar-refractivity contribution < 1.29 is 14.3 Å². The van der Waals surface area contributed by atoms with Crippen molar-refractivity contribution in [2.45, 2.75) is 59.0 Å². The fourth-order valence-electron chi connectivity index (χ4n) is 4.17. The minimum atomic E-state index is -1.03. The maximum Gasteiger partial charge on any atom is 0.339 e. The molecule has 1 amide bonds. The van der Waals surface area contributed by atoms with E-state index in [0.717, 1.165) is 37.7 Å². The maximum absolute atomic E-state index is 12.9. The lowest BCUT2D eigenvalue weighted by atomic mass is 10.1. The first kappa shape index (κ1) is 22.0. The second kappa shape index (κ2) is 8.71. The topological polar surface area (TPSA) is 110 Å². The predicted molar refractivity (Wildman–Crippen MR) is 122 cm³/mol. The number of carbonyl (C=O) groups is 2. The van der Waals surface area contributed by atoms with Crippen molar-refractivity contribution >= 4 is 39.2 Å². The maximum atomic E-state index is 12.9. The van der Waals surface area contributed by atoms with E-state index in [1.807, 2.05) is 0 Å². The average molecular weight is 452 g/mol. The number of nitrogens with one attached hydrogen (secondary N) is 1. The molecule has 0 spiro atoms. The van der Waals surface area contributed by atoms with Crippen molar-refractivity contribution in [3.63, 3.8) is 0 Å². The molecule has 0 aliphatic heterocycles. The zero-order valence-electron chi connectivity index (χ0n) is 18.6. The van der Waals surface area contributed by atoms with E-state index in [1.54, 1.807) is 31.6 Å². The van der Waals surface area contributed by atoms with Crippen molar-refractivity contribution in [1.82, 2.24) is 14.8 Å². The van der Waals surface area contributed by atoms with Crippen LogP contribution in [0.25, 0.3) is 11.0 Å². The third kappa shape index (κ3) is 3.98. The highest BCUT2D eigenvalue weighted by Gasteiger charge is 2.26. The summed E-state index contributed by atoms with van der Waals surface area (Å²) in [5.41, 5.74) is 3.83. The molecule has 8 nitrogen and oxygen atoms in total. The van der Waals surface area contributed by atoms with Crippen LogP contribution in [0, 0.1) is 25.2 Å². The van der Waals surface area contributed by atoms with Gasteiger partial charge in [-0.2, -0.15) is 10.4 Å². The second-order valence-corrected chi connectivity index (χ2v) is 9.24. The molecule has 0 bridgehead atoms. The number of ether oxygens (including phenoxy) is 1. The Bertz CT molecular complexity index is 1270. The number of anilines is 1. The van der Waals surface area contributed by atoms with E-state index in [2.05, 4.69) is 21.5 Å². The second-order valence-electron chi connectivity index (χ2n) is 8.14. The molecule has 166 valence electrons. The molecule has 3 aromatic heterocycles. The van der Waals surface area contributed by atoms with Gasteiger partial charge in [-0.1, -0.05) is 6.42 Å². The SMILES string of the molecule is Cc1cc(C(=O)OC(C)C(=O)Nc2sc3c(c2C#N)CCCCC3)c2c(C)nn(C)c2n1. The molecule has 0 fully saturated rings. The van der Waals surface area contributed by atoms with Gasteiger partial charge in [0.2, 0.25) is 0 Å². The normalized spacial score (nSPS) is 14.3. The number of amides is 1. The Morgan fingerprint density at radius 2 is 2.03 bits per heavy atom. The molecule has 0 saturated heterocycles. The summed E-state index contributed by atoms with van der Waals surface area (Å²) in [6.45, 7) is 5.12. The largest absolute Gasteiger partial charge is 0.449 e. The number of carbonyl (C=O) groups excluding carboxylic acids is 2. The van der Waals surface area contributed by atoms with Gasteiger partial charge >= 0.3 is 5.97 Å². The van der Waals surface area contributed by atoms with Crippen LogP contribution in [0.15, 0.2) is 6.07 Å². The Morgan fingerprint density at radius 3 is 2.78 bits per heavy atom. The molecule has 4 rings (SSSR count).